The first kappa shape index (κ1) is 16.6. The van der Waals surface area contributed by atoms with Gasteiger partial charge in [0, 0.05) is 17.0 Å². The molecule has 1 N–H and O–H groups in total. The molecule has 0 aliphatic carbocycles. The molecule has 0 saturated heterocycles. The second kappa shape index (κ2) is 6.98. The van der Waals surface area contributed by atoms with Gasteiger partial charge < -0.3 is 5.11 Å². The molecule has 4 nitrogen and oxygen atoms in total. The number of nitrogens with zero attached hydrogens (tertiary/aromatic N) is 2. The van der Waals surface area contributed by atoms with Crippen molar-refractivity contribution in [3.63, 3.8) is 0 Å². The Balaban J connectivity index is 2.16. The van der Waals surface area contributed by atoms with Crippen LogP contribution in [0.1, 0.15) is 27.7 Å². The van der Waals surface area contributed by atoms with E-state index in [9.17, 15) is 14.3 Å². The standard InChI is InChI=1S/C16H19FN2O2S/c1-10-4-5-12(13(17)8-10)15(16(20)21)19(3)7-6-14-11(2)18-9-22-14/h4-5,8-9,15H,6-7H2,1-3H3,(H,20,21). The number of carbonyl (C=O) groups is 1. The molecule has 0 spiro atoms. The zero-order valence-electron chi connectivity index (χ0n) is 12.8. The van der Waals surface area contributed by atoms with Crippen LogP contribution < -0.4 is 0 Å². The number of carboxylic acid groups (broad SMARTS) is 1. The van der Waals surface area contributed by atoms with E-state index in [0.717, 1.165) is 16.1 Å². The Kier molecular flexibility index (Phi) is 5.26. The van der Waals surface area contributed by atoms with E-state index in [1.807, 2.05) is 6.92 Å². The van der Waals surface area contributed by atoms with E-state index in [1.165, 1.54) is 6.07 Å². The Morgan fingerprint density at radius 3 is 2.73 bits per heavy atom. The van der Waals surface area contributed by atoms with Crippen LogP contribution in [-0.4, -0.2) is 34.6 Å². The molecule has 1 aromatic carbocycles. The molecular weight excluding hydrogens is 303 g/mol. The summed E-state index contributed by atoms with van der Waals surface area (Å²) in [5.41, 5.74) is 3.71. The number of aliphatic carboxylic acids is 1. The Morgan fingerprint density at radius 1 is 1.45 bits per heavy atom. The van der Waals surface area contributed by atoms with Crippen LogP contribution in [0.15, 0.2) is 23.7 Å². The van der Waals surface area contributed by atoms with Crippen LogP contribution in [0.5, 0.6) is 0 Å². The van der Waals surface area contributed by atoms with Gasteiger partial charge in [0.2, 0.25) is 0 Å². The second-order valence-electron chi connectivity index (χ2n) is 5.36. The SMILES string of the molecule is Cc1ccc(C(C(=O)O)N(C)CCc2scnc2C)c(F)c1. The summed E-state index contributed by atoms with van der Waals surface area (Å²) < 4.78 is 14.1. The molecule has 0 amide bonds. The van der Waals surface area contributed by atoms with Gasteiger partial charge in [-0.15, -0.1) is 11.3 Å². The fourth-order valence-corrected chi connectivity index (χ4v) is 3.16. The molecule has 0 radical (unpaired) electrons. The molecule has 0 bridgehead atoms. The van der Waals surface area contributed by atoms with E-state index < -0.39 is 17.8 Å². The lowest BCUT2D eigenvalue weighted by atomic mass is 10.0. The number of aryl methyl sites for hydroxylation is 2. The van der Waals surface area contributed by atoms with E-state index in [0.29, 0.717) is 13.0 Å². The normalized spacial score (nSPS) is 12.6. The van der Waals surface area contributed by atoms with E-state index in [-0.39, 0.29) is 5.56 Å². The Bertz CT molecular complexity index is 672. The average molecular weight is 322 g/mol. The summed E-state index contributed by atoms with van der Waals surface area (Å²) in [5, 5.41) is 9.48. The molecule has 0 aliphatic heterocycles. The van der Waals surface area contributed by atoms with Gasteiger partial charge in [-0.05, 0) is 38.9 Å². The number of rotatable bonds is 6. The molecular formula is C16H19FN2O2S. The van der Waals surface area contributed by atoms with Gasteiger partial charge in [0.25, 0.3) is 0 Å². The van der Waals surface area contributed by atoms with Gasteiger partial charge in [-0.2, -0.15) is 0 Å². The fraction of sp³-hybridized carbons (Fsp3) is 0.375. The summed E-state index contributed by atoms with van der Waals surface area (Å²) in [4.78, 5) is 18.6. The van der Waals surface area contributed by atoms with Crippen molar-refractivity contribution in [3.8, 4) is 0 Å². The average Bonchev–Trinajstić information content (AvgIpc) is 2.84. The Hall–Kier alpha value is -1.79. The molecule has 2 aromatic rings. The van der Waals surface area contributed by atoms with Crippen molar-refractivity contribution >= 4 is 17.3 Å². The number of likely N-dealkylation sites (N-methyl/N-ethyl adjacent to an activating group) is 1. The largest absolute Gasteiger partial charge is 0.480 e. The number of carboxylic acids is 1. The predicted octanol–water partition coefficient (Wildman–Crippen LogP) is 3.20. The van der Waals surface area contributed by atoms with Crippen molar-refractivity contribution in [2.75, 3.05) is 13.6 Å². The van der Waals surface area contributed by atoms with Crippen LogP contribution in [0.2, 0.25) is 0 Å². The third kappa shape index (κ3) is 3.69. The number of halogens is 1. The highest BCUT2D eigenvalue weighted by Gasteiger charge is 2.27. The van der Waals surface area contributed by atoms with Crippen LogP contribution in [-0.2, 0) is 11.2 Å². The third-order valence-electron chi connectivity index (χ3n) is 3.66. The second-order valence-corrected chi connectivity index (χ2v) is 6.30. The first-order chi connectivity index (χ1) is 10.4. The summed E-state index contributed by atoms with van der Waals surface area (Å²) in [6, 6.07) is 3.66. The van der Waals surface area contributed by atoms with Crippen molar-refractivity contribution in [3.05, 3.63) is 51.2 Å². The zero-order chi connectivity index (χ0) is 16.3. The highest BCUT2D eigenvalue weighted by Crippen LogP contribution is 2.24. The van der Waals surface area contributed by atoms with E-state index in [4.69, 9.17) is 0 Å². The minimum atomic E-state index is -1.05. The molecule has 1 unspecified atom stereocenters. The van der Waals surface area contributed by atoms with Gasteiger partial charge >= 0.3 is 5.97 Å². The predicted molar refractivity (Wildman–Crippen MR) is 84.7 cm³/mol. The van der Waals surface area contributed by atoms with Gasteiger partial charge in [0.05, 0.1) is 11.2 Å². The number of hydrogen-bond donors (Lipinski definition) is 1. The van der Waals surface area contributed by atoms with E-state index in [2.05, 4.69) is 4.98 Å². The minimum absolute atomic E-state index is 0.196. The molecule has 0 aliphatic rings. The van der Waals surface area contributed by atoms with Gasteiger partial charge in [0.1, 0.15) is 11.9 Å². The molecule has 6 heteroatoms. The first-order valence-electron chi connectivity index (χ1n) is 6.98. The molecule has 1 aromatic heterocycles. The summed E-state index contributed by atoms with van der Waals surface area (Å²) in [6.45, 7) is 4.23. The summed E-state index contributed by atoms with van der Waals surface area (Å²) in [7, 11) is 1.70. The summed E-state index contributed by atoms with van der Waals surface area (Å²) in [5.74, 6) is -1.53. The smallest absolute Gasteiger partial charge is 0.325 e. The minimum Gasteiger partial charge on any atom is -0.480 e. The number of benzene rings is 1. The van der Waals surface area contributed by atoms with Gasteiger partial charge in [-0.25, -0.2) is 9.37 Å². The van der Waals surface area contributed by atoms with Gasteiger partial charge in [-0.3, -0.25) is 9.69 Å². The lowest BCUT2D eigenvalue weighted by Gasteiger charge is -2.25. The highest BCUT2D eigenvalue weighted by molar-refractivity contribution is 7.09. The van der Waals surface area contributed by atoms with Crippen molar-refractivity contribution in [2.24, 2.45) is 0 Å². The quantitative estimate of drug-likeness (QED) is 0.887. The number of hydrogen-bond acceptors (Lipinski definition) is 4. The lowest BCUT2D eigenvalue weighted by molar-refractivity contribution is -0.143. The molecule has 118 valence electrons. The lowest BCUT2D eigenvalue weighted by Crippen LogP contribution is -2.33. The Morgan fingerprint density at radius 2 is 2.18 bits per heavy atom. The molecule has 1 atom stereocenters. The van der Waals surface area contributed by atoms with Crippen LogP contribution in [0, 0.1) is 19.7 Å². The maximum atomic E-state index is 14.1. The molecule has 2 rings (SSSR count). The van der Waals surface area contributed by atoms with Crippen LogP contribution in [0.4, 0.5) is 4.39 Å². The fourth-order valence-electron chi connectivity index (χ4n) is 2.39. The summed E-state index contributed by atoms with van der Waals surface area (Å²) in [6.07, 6.45) is 0.699. The van der Waals surface area contributed by atoms with Crippen LogP contribution in [0.25, 0.3) is 0 Å². The van der Waals surface area contributed by atoms with E-state index in [1.54, 1.807) is 47.9 Å². The van der Waals surface area contributed by atoms with Crippen molar-refractivity contribution in [1.82, 2.24) is 9.88 Å². The van der Waals surface area contributed by atoms with Crippen molar-refractivity contribution in [1.29, 1.82) is 0 Å². The van der Waals surface area contributed by atoms with Crippen molar-refractivity contribution < 1.29 is 14.3 Å². The van der Waals surface area contributed by atoms with Crippen molar-refractivity contribution in [2.45, 2.75) is 26.3 Å². The van der Waals surface area contributed by atoms with Crippen LogP contribution >= 0.6 is 11.3 Å². The molecule has 22 heavy (non-hydrogen) atoms. The maximum absolute atomic E-state index is 14.1. The molecule has 0 fully saturated rings. The Labute approximate surface area is 133 Å². The third-order valence-corrected chi connectivity index (χ3v) is 4.66. The number of thiazole rings is 1. The molecule has 0 saturated carbocycles. The topological polar surface area (TPSA) is 53.4 Å². The monoisotopic (exact) mass is 322 g/mol. The maximum Gasteiger partial charge on any atom is 0.325 e. The highest BCUT2D eigenvalue weighted by atomic mass is 32.1. The zero-order valence-corrected chi connectivity index (χ0v) is 13.7. The van der Waals surface area contributed by atoms with Gasteiger partial charge in [-0.1, -0.05) is 12.1 Å². The summed E-state index contributed by atoms with van der Waals surface area (Å²) >= 11 is 1.55. The number of aromatic nitrogens is 1. The van der Waals surface area contributed by atoms with Crippen LogP contribution in [0.3, 0.4) is 0 Å². The van der Waals surface area contributed by atoms with E-state index >= 15 is 0 Å². The van der Waals surface area contributed by atoms with Gasteiger partial charge in [0.15, 0.2) is 0 Å². The molecule has 1 heterocycles. The first-order valence-corrected chi connectivity index (χ1v) is 7.86.